The summed E-state index contributed by atoms with van der Waals surface area (Å²) in [4.78, 5) is 31.0. The van der Waals surface area contributed by atoms with E-state index in [9.17, 15) is 9.59 Å². The zero-order valence-electron chi connectivity index (χ0n) is 15.9. The number of hydrogen-bond donors (Lipinski definition) is 1. The molecule has 1 atom stereocenters. The van der Waals surface area contributed by atoms with Crippen molar-refractivity contribution in [1.29, 1.82) is 0 Å². The van der Waals surface area contributed by atoms with E-state index in [1.165, 1.54) is 17.8 Å². The maximum Gasteiger partial charge on any atom is 0.245 e. The molecule has 0 radical (unpaired) electrons. The average molecular weight is 368 g/mol. The standard InChI is InChI=1S/C19H33N3O2S/c1-4-7-9-10-13-22(18(24)16(6-3)11-8-5-2)15-17(23)21-19-20-12-14-25-19/h12,14,16H,4-11,13,15H2,1-3H3,(H,20,21,23)/t16-/m1/s1. The molecule has 2 amide bonds. The van der Waals surface area contributed by atoms with Crippen LogP contribution in [0.1, 0.15) is 72.1 Å². The van der Waals surface area contributed by atoms with Crippen LogP contribution in [-0.4, -0.2) is 34.8 Å². The van der Waals surface area contributed by atoms with Crippen molar-refractivity contribution in [3.8, 4) is 0 Å². The van der Waals surface area contributed by atoms with E-state index in [1.54, 1.807) is 11.1 Å². The molecule has 0 fully saturated rings. The monoisotopic (exact) mass is 367 g/mol. The molecule has 0 aliphatic rings. The molecule has 142 valence electrons. The van der Waals surface area contributed by atoms with Gasteiger partial charge in [-0.3, -0.25) is 9.59 Å². The summed E-state index contributed by atoms with van der Waals surface area (Å²) in [6.45, 7) is 7.15. The van der Waals surface area contributed by atoms with Crippen molar-refractivity contribution in [3.05, 3.63) is 11.6 Å². The van der Waals surface area contributed by atoms with Crippen molar-refractivity contribution >= 4 is 28.3 Å². The van der Waals surface area contributed by atoms with Gasteiger partial charge in [0.15, 0.2) is 5.13 Å². The first-order chi connectivity index (χ1) is 12.1. The summed E-state index contributed by atoms with van der Waals surface area (Å²) < 4.78 is 0. The van der Waals surface area contributed by atoms with E-state index >= 15 is 0 Å². The zero-order chi connectivity index (χ0) is 18.5. The molecule has 5 nitrogen and oxygen atoms in total. The van der Waals surface area contributed by atoms with E-state index in [4.69, 9.17) is 0 Å². The van der Waals surface area contributed by atoms with Gasteiger partial charge in [-0.1, -0.05) is 52.9 Å². The third kappa shape index (κ3) is 8.47. The molecular weight excluding hydrogens is 334 g/mol. The lowest BCUT2D eigenvalue weighted by atomic mass is 9.97. The second-order valence-electron chi connectivity index (χ2n) is 6.45. The average Bonchev–Trinajstić information content (AvgIpc) is 3.11. The van der Waals surface area contributed by atoms with Crippen molar-refractivity contribution in [2.24, 2.45) is 5.92 Å². The minimum absolute atomic E-state index is 0.0267. The molecule has 1 aromatic rings. The van der Waals surface area contributed by atoms with Crippen LogP contribution in [0, 0.1) is 5.92 Å². The SMILES string of the molecule is CCCCCCN(CC(=O)Nc1nccs1)C(=O)[C@H](CC)CCCC. The highest BCUT2D eigenvalue weighted by Crippen LogP contribution is 2.17. The van der Waals surface area contributed by atoms with Crippen molar-refractivity contribution < 1.29 is 9.59 Å². The largest absolute Gasteiger partial charge is 0.333 e. The van der Waals surface area contributed by atoms with Crippen molar-refractivity contribution in [2.45, 2.75) is 72.1 Å². The molecule has 0 saturated heterocycles. The lowest BCUT2D eigenvalue weighted by molar-refractivity contribution is -0.138. The Morgan fingerprint density at radius 3 is 2.52 bits per heavy atom. The van der Waals surface area contributed by atoms with Crippen LogP contribution in [0.15, 0.2) is 11.6 Å². The second kappa shape index (κ2) is 12.9. The van der Waals surface area contributed by atoms with Gasteiger partial charge in [0.1, 0.15) is 0 Å². The molecule has 0 spiro atoms. The van der Waals surface area contributed by atoms with Gasteiger partial charge in [0.05, 0.1) is 6.54 Å². The van der Waals surface area contributed by atoms with Crippen molar-refractivity contribution in [2.75, 3.05) is 18.4 Å². The topological polar surface area (TPSA) is 62.3 Å². The van der Waals surface area contributed by atoms with E-state index in [-0.39, 0.29) is 24.3 Å². The Labute approximate surface area is 156 Å². The number of aromatic nitrogens is 1. The summed E-state index contributed by atoms with van der Waals surface area (Å²) in [6, 6.07) is 0. The zero-order valence-corrected chi connectivity index (χ0v) is 16.7. The number of unbranched alkanes of at least 4 members (excludes halogenated alkanes) is 4. The summed E-state index contributed by atoms with van der Waals surface area (Å²) >= 11 is 1.39. The summed E-state index contributed by atoms with van der Waals surface area (Å²) in [5.74, 6) is -0.00957. The number of thiazole rings is 1. The van der Waals surface area contributed by atoms with Gasteiger partial charge in [-0.05, 0) is 19.3 Å². The van der Waals surface area contributed by atoms with Gasteiger partial charge in [0.2, 0.25) is 11.8 Å². The van der Waals surface area contributed by atoms with E-state index in [0.717, 1.165) is 44.9 Å². The second-order valence-corrected chi connectivity index (χ2v) is 7.35. The molecule has 1 aromatic heterocycles. The number of nitrogens with zero attached hydrogens (tertiary/aromatic N) is 2. The van der Waals surface area contributed by atoms with Gasteiger partial charge in [0, 0.05) is 24.0 Å². The fourth-order valence-electron chi connectivity index (χ4n) is 2.82. The number of carbonyl (C=O) groups excluding carboxylic acids is 2. The first-order valence-corrected chi connectivity index (χ1v) is 10.5. The van der Waals surface area contributed by atoms with E-state index in [2.05, 4.69) is 31.1 Å². The van der Waals surface area contributed by atoms with Gasteiger partial charge in [0.25, 0.3) is 0 Å². The van der Waals surface area contributed by atoms with Crippen LogP contribution in [0.5, 0.6) is 0 Å². The van der Waals surface area contributed by atoms with Crippen LogP contribution in [0.3, 0.4) is 0 Å². The van der Waals surface area contributed by atoms with Crippen LogP contribution in [0.4, 0.5) is 5.13 Å². The Morgan fingerprint density at radius 1 is 1.16 bits per heavy atom. The molecule has 0 saturated carbocycles. The highest BCUT2D eigenvalue weighted by molar-refractivity contribution is 7.13. The Hall–Kier alpha value is -1.43. The number of nitrogens with one attached hydrogen (secondary N) is 1. The third-order valence-corrected chi connectivity index (χ3v) is 5.04. The highest BCUT2D eigenvalue weighted by atomic mass is 32.1. The molecular formula is C19H33N3O2S. The fraction of sp³-hybridized carbons (Fsp3) is 0.737. The van der Waals surface area contributed by atoms with E-state index in [1.807, 2.05) is 5.38 Å². The quantitative estimate of drug-likeness (QED) is 0.514. The minimum atomic E-state index is -0.163. The van der Waals surface area contributed by atoms with E-state index in [0.29, 0.717) is 11.7 Å². The lowest BCUT2D eigenvalue weighted by Gasteiger charge is -2.26. The van der Waals surface area contributed by atoms with Gasteiger partial charge >= 0.3 is 0 Å². The van der Waals surface area contributed by atoms with Crippen LogP contribution >= 0.6 is 11.3 Å². The molecule has 0 aliphatic heterocycles. The van der Waals surface area contributed by atoms with Crippen molar-refractivity contribution in [1.82, 2.24) is 9.88 Å². The summed E-state index contributed by atoms with van der Waals surface area (Å²) in [5, 5.41) is 5.19. The molecule has 0 aromatic carbocycles. The number of amides is 2. The Kier molecular flexibility index (Phi) is 11.1. The molecule has 1 N–H and O–H groups in total. The van der Waals surface area contributed by atoms with Crippen LogP contribution in [0.25, 0.3) is 0 Å². The van der Waals surface area contributed by atoms with Crippen LogP contribution in [0.2, 0.25) is 0 Å². The first kappa shape index (κ1) is 21.6. The number of hydrogen-bond acceptors (Lipinski definition) is 4. The van der Waals surface area contributed by atoms with Gasteiger partial charge < -0.3 is 10.2 Å². The Balaban J connectivity index is 2.65. The normalized spacial score (nSPS) is 12.0. The number of anilines is 1. The highest BCUT2D eigenvalue weighted by Gasteiger charge is 2.24. The summed E-state index contributed by atoms with van der Waals surface area (Å²) in [7, 11) is 0. The van der Waals surface area contributed by atoms with Gasteiger partial charge in [-0.15, -0.1) is 11.3 Å². The Morgan fingerprint density at radius 2 is 1.92 bits per heavy atom. The van der Waals surface area contributed by atoms with Gasteiger partial charge in [-0.25, -0.2) is 4.98 Å². The predicted molar refractivity (Wildman–Crippen MR) is 105 cm³/mol. The third-order valence-electron chi connectivity index (χ3n) is 4.35. The first-order valence-electron chi connectivity index (χ1n) is 9.60. The summed E-state index contributed by atoms with van der Waals surface area (Å²) in [5.41, 5.74) is 0. The predicted octanol–water partition coefficient (Wildman–Crippen LogP) is 4.71. The maximum atomic E-state index is 12.9. The molecule has 0 bridgehead atoms. The fourth-order valence-corrected chi connectivity index (χ4v) is 3.37. The Bertz CT molecular complexity index is 491. The van der Waals surface area contributed by atoms with Gasteiger partial charge in [-0.2, -0.15) is 0 Å². The van der Waals surface area contributed by atoms with Crippen LogP contribution in [-0.2, 0) is 9.59 Å². The smallest absolute Gasteiger partial charge is 0.245 e. The molecule has 1 heterocycles. The molecule has 0 unspecified atom stereocenters. The summed E-state index contributed by atoms with van der Waals surface area (Å²) in [6.07, 6.45) is 9.92. The number of carbonyl (C=O) groups is 2. The van der Waals surface area contributed by atoms with Crippen molar-refractivity contribution in [3.63, 3.8) is 0 Å². The molecule has 1 rings (SSSR count). The minimum Gasteiger partial charge on any atom is -0.333 e. The molecule has 0 aliphatic carbocycles. The lowest BCUT2D eigenvalue weighted by Crippen LogP contribution is -2.42. The van der Waals surface area contributed by atoms with E-state index < -0.39 is 0 Å². The number of rotatable bonds is 13. The van der Waals surface area contributed by atoms with Crippen LogP contribution < -0.4 is 5.32 Å². The molecule has 6 heteroatoms. The molecule has 25 heavy (non-hydrogen) atoms. The maximum absolute atomic E-state index is 12.9.